The number of aliphatic carboxylic acids is 1. The van der Waals surface area contributed by atoms with Crippen molar-refractivity contribution in [3.05, 3.63) is 35.9 Å². The minimum Gasteiger partial charge on any atom is -0.480 e. The molecule has 0 spiro atoms. The molecule has 4 nitrogen and oxygen atoms in total. The van der Waals surface area contributed by atoms with Gasteiger partial charge in [0, 0.05) is 13.1 Å². The largest absolute Gasteiger partial charge is 0.480 e. The van der Waals surface area contributed by atoms with Crippen molar-refractivity contribution in [2.24, 2.45) is 0 Å². The van der Waals surface area contributed by atoms with Gasteiger partial charge in [-0.1, -0.05) is 30.3 Å². The van der Waals surface area contributed by atoms with Crippen molar-refractivity contribution in [1.29, 1.82) is 0 Å². The van der Waals surface area contributed by atoms with E-state index in [-0.39, 0.29) is 0 Å². The summed E-state index contributed by atoms with van der Waals surface area (Å²) in [5, 5.41) is 11.0. The Morgan fingerprint density at radius 2 is 2.13 bits per heavy atom. The van der Waals surface area contributed by atoms with Gasteiger partial charge in [0.1, 0.15) is 6.04 Å². The van der Waals surface area contributed by atoms with Crippen LogP contribution in [0.25, 0.3) is 0 Å². The molecule has 0 aliphatic carbocycles. The molecule has 1 heterocycles. The van der Waals surface area contributed by atoms with E-state index in [1.54, 1.807) is 5.01 Å². The van der Waals surface area contributed by atoms with E-state index in [1.807, 2.05) is 30.3 Å². The Bertz CT molecular complexity index is 334. The standard InChI is InChI=1S/C11H14N2O2/c14-11(15)10(13-8-4-7-12-13)9-5-2-1-3-6-9/h1-3,5-6,10,12H,4,7-8H2,(H,14,15). The average Bonchev–Trinajstić information content (AvgIpc) is 2.72. The molecule has 1 fully saturated rings. The van der Waals surface area contributed by atoms with Crippen molar-refractivity contribution in [2.75, 3.05) is 13.1 Å². The van der Waals surface area contributed by atoms with E-state index in [9.17, 15) is 9.90 Å². The molecule has 0 aromatic heterocycles. The summed E-state index contributed by atoms with van der Waals surface area (Å²) in [6.45, 7) is 1.64. The van der Waals surface area contributed by atoms with Crippen molar-refractivity contribution in [1.82, 2.24) is 10.4 Å². The number of rotatable bonds is 3. The number of hydrazine groups is 1. The summed E-state index contributed by atoms with van der Waals surface area (Å²) in [7, 11) is 0. The molecule has 80 valence electrons. The van der Waals surface area contributed by atoms with Crippen LogP contribution in [-0.2, 0) is 4.79 Å². The van der Waals surface area contributed by atoms with Gasteiger partial charge in [-0.05, 0) is 12.0 Å². The van der Waals surface area contributed by atoms with Crippen LogP contribution >= 0.6 is 0 Å². The lowest BCUT2D eigenvalue weighted by Crippen LogP contribution is -2.39. The van der Waals surface area contributed by atoms with Crippen LogP contribution in [0.4, 0.5) is 0 Å². The predicted molar refractivity (Wildman–Crippen MR) is 56.1 cm³/mol. The van der Waals surface area contributed by atoms with Crippen molar-refractivity contribution in [3.63, 3.8) is 0 Å². The Labute approximate surface area is 88.5 Å². The number of hydrogen-bond acceptors (Lipinski definition) is 3. The van der Waals surface area contributed by atoms with Crippen LogP contribution in [-0.4, -0.2) is 29.2 Å². The molecule has 1 saturated heterocycles. The minimum absolute atomic E-state index is 0.575. The predicted octanol–water partition coefficient (Wildman–Crippen LogP) is 1.02. The Balaban J connectivity index is 2.23. The van der Waals surface area contributed by atoms with E-state index in [0.29, 0.717) is 0 Å². The third-order valence-corrected chi connectivity index (χ3v) is 2.55. The monoisotopic (exact) mass is 206 g/mol. The van der Waals surface area contributed by atoms with Gasteiger partial charge in [-0.15, -0.1) is 0 Å². The highest BCUT2D eigenvalue weighted by Crippen LogP contribution is 2.21. The third kappa shape index (κ3) is 2.16. The van der Waals surface area contributed by atoms with Crippen LogP contribution in [0.5, 0.6) is 0 Å². The molecule has 1 aromatic carbocycles. The van der Waals surface area contributed by atoms with Gasteiger partial charge in [0.15, 0.2) is 0 Å². The lowest BCUT2D eigenvalue weighted by molar-refractivity contribution is -0.144. The zero-order chi connectivity index (χ0) is 10.7. The molecule has 0 radical (unpaired) electrons. The molecular formula is C11H14N2O2. The van der Waals surface area contributed by atoms with E-state index in [0.717, 1.165) is 25.1 Å². The normalized spacial score (nSPS) is 18.9. The second-order valence-electron chi connectivity index (χ2n) is 3.61. The van der Waals surface area contributed by atoms with Gasteiger partial charge in [-0.25, -0.2) is 5.01 Å². The highest BCUT2D eigenvalue weighted by atomic mass is 16.4. The molecule has 0 amide bonds. The number of nitrogens with one attached hydrogen (secondary N) is 1. The topological polar surface area (TPSA) is 52.6 Å². The van der Waals surface area contributed by atoms with Crippen LogP contribution in [0.2, 0.25) is 0 Å². The Morgan fingerprint density at radius 3 is 2.67 bits per heavy atom. The van der Waals surface area contributed by atoms with Crippen LogP contribution in [0.15, 0.2) is 30.3 Å². The molecule has 0 bridgehead atoms. The first-order valence-electron chi connectivity index (χ1n) is 5.07. The van der Waals surface area contributed by atoms with Crippen molar-refractivity contribution in [2.45, 2.75) is 12.5 Å². The fraction of sp³-hybridized carbons (Fsp3) is 0.364. The maximum atomic E-state index is 11.2. The van der Waals surface area contributed by atoms with Gasteiger partial charge in [0.2, 0.25) is 0 Å². The Hall–Kier alpha value is -1.39. The van der Waals surface area contributed by atoms with Crippen molar-refractivity contribution >= 4 is 5.97 Å². The second-order valence-corrected chi connectivity index (χ2v) is 3.61. The summed E-state index contributed by atoms with van der Waals surface area (Å²) in [4.78, 5) is 11.2. The molecule has 1 unspecified atom stereocenters. The number of hydrogen-bond donors (Lipinski definition) is 2. The van der Waals surface area contributed by atoms with E-state index in [4.69, 9.17) is 0 Å². The Kier molecular flexibility index (Phi) is 2.99. The first kappa shape index (κ1) is 10.1. The summed E-state index contributed by atoms with van der Waals surface area (Å²) in [5.41, 5.74) is 3.91. The summed E-state index contributed by atoms with van der Waals surface area (Å²) in [6, 6.07) is 8.73. The van der Waals surface area contributed by atoms with Gasteiger partial charge in [0.05, 0.1) is 0 Å². The summed E-state index contributed by atoms with van der Waals surface area (Å²) < 4.78 is 0. The molecular weight excluding hydrogens is 192 g/mol. The number of nitrogens with zero attached hydrogens (tertiary/aromatic N) is 1. The maximum absolute atomic E-state index is 11.2. The summed E-state index contributed by atoms with van der Waals surface area (Å²) in [6.07, 6.45) is 0.997. The first-order chi connectivity index (χ1) is 7.29. The van der Waals surface area contributed by atoms with Crippen LogP contribution in [0.3, 0.4) is 0 Å². The van der Waals surface area contributed by atoms with Crippen LogP contribution < -0.4 is 5.43 Å². The van der Waals surface area contributed by atoms with Crippen LogP contribution in [0.1, 0.15) is 18.0 Å². The van der Waals surface area contributed by atoms with E-state index in [1.165, 1.54) is 0 Å². The first-order valence-corrected chi connectivity index (χ1v) is 5.07. The number of carboxylic acids is 1. The SMILES string of the molecule is O=C(O)C(c1ccccc1)N1CCCN1. The second kappa shape index (κ2) is 4.42. The van der Waals surface area contributed by atoms with Gasteiger partial charge in [-0.3, -0.25) is 10.2 Å². The molecule has 15 heavy (non-hydrogen) atoms. The molecule has 0 saturated carbocycles. The summed E-state index contributed by atoms with van der Waals surface area (Å²) in [5.74, 6) is -0.810. The highest BCUT2D eigenvalue weighted by molar-refractivity contribution is 5.75. The van der Waals surface area contributed by atoms with Crippen molar-refractivity contribution < 1.29 is 9.90 Å². The highest BCUT2D eigenvalue weighted by Gasteiger charge is 2.29. The van der Waals surface area contributed by atoms with Gasteiger partial charge >= 0.3 is 5.97 Å². The van der Waals surface area contributed by atoms with Gasteiger partial charge in [0.25, 0.3) is 0 Å². The lowest BCUT2D eigenvalue weighted by atomic mass is 10.1. The molecule has 1 aliphatic heterocycles. The molecule has 1 aromatic rings. The molecule has 1 aliphatic rings. The van der Waals surface area contributed by atoms with Crippen LogP contribution in [0, 0.1) is 0 Å². The quantitative estimate of drug-likeness (QED) is 0.775. The van der Waals surface area contributed by atoms with Gasteiger partial charge in [-0.2, -0.15) is 0 Å². The van der Waals surface area contributed by atoms with E-state index < -0.39 is 12.0 Å². The fourth-order valence-corrected chi connectivity index (χ4v) is 1.86. The molecule has 2 N–H and O–H groups in total. The van der Waals surface area contributed by atoms with Gasteiger partial charge < -0.3 is 5.11 Å². The zero-order valence-electron chi connectivity index (χ0n) is 8.39. The molecule has 2 rings (SSSR count). The number of carbonyl (C=O) groups is 1. The summed E-state index contributed by atoms with van der Waals surface area (Å²) >= 11 is 0. The average molecular weight is 206 g/mol. The number of carboxylic acid groups (broad SMARTS) is 1. The molecule has 1 atom stereocenters. The number of benzene rings is 1. The van der Waals surface area contributed by atoms with E-state index in [2.05, 4.69) is 5.43 Å². The van der Waals surface area contributed by atoms with E-state index >= 15 is 0 Å². The fourth-order valence-electron chi connectivity index (χ4n) is 1.86. The Morgan fingerprint density at radius 1 is 1.40 bits per heavy atom. The smallest absolute Gasteiger partial charge is 0.326 e. The molecule has 4 heteroatoms. The maximum Gasteiger partial charge on any atom is 0.326 e. The zero-order valence-corrected chi connectivity index (χ0v) is 8.39. The van der Waals surface area contributed by atoms with Crippen molar-refractivity contribution in [3.8, 4) is 0 Å². The minimum atomic E-state index is -0.810. The third-order valence-electron chi connectivity index (χ3n) is 2.55. The lowest BCUT2D eigenvalue weighted by Gasteiger charge is -2.23.